The van der Waals surface area contributed by atoms with Crippen molar-refractivity contribution in [2.75, 3.05) is 13.1 Å². The molecule has 0 aromatic rings. The van der Waals surface area contributed by atoms with Gasteiger partial charge in [0, 0.05) is 0 Å². The Morgan fingerprint density at radius 3 is 1.25 bits per heavy atom. The summed E-state index contributed by atoms with van der Waals surface area (Å²) in [5.74, 6) is 0. The van der Waals surface area contributed by atoms with Gasteiger partial charge in [-0.3, -0.25) is 0 Å². The molecule has 0 aliphatic carbocycles. The Balaban J connectivity index is -0.000000500. The zero-order valence-corrected chi connectivity index (χ0v) is 8.18. The number of alkyl halides is 6. The van der Waals surface area contributed by atoms with Crippen LogP contribution < -0.4 is 34.9 Å². The van der Waals surface area contributed by atoms with Crippen LogP contribution in [0.4, 0.5) is 26.3 Å². The largest absolute Gasteiger partial charge is 1.00 e. The number of nitrogens with one attached hydrogen (secondary N) is 1. The molecule has 0 bridgehead atoms. The summed E-state index contributed by atoms with van der Waals surface area (Å²) in [6, 6.07) is 0. The van der Waals surface area contributed by atoms with Crippen LogP contribution in [-0.4, -0.2) is 25.4 Å². The summed E-state index contributed by atoms with van der Waals surface area (Å²) in [6.45, 7) is -3.24. The monoisotopic (exact) mass is 205 g/mol. The molecular formula is C4H6F6NNa. The van der Waals surface area contributed by atoms with Gasteiger partial charge in [0.05, 0.1) is 13.1 Å². The number of rotatable bonds is 2. The van der Waals surface area contributed by atoms with E-state index in [1.54, 1.807) is 0 Å². The summed E-state index contributed by atoms with van der Waals surface area (Å²) >= 11 is 0. The Morgan fingerprint density at radius 1 is 0.833 bits per heavy atom. The van der Waals surface area contributed by atoms with Crippen molar-refractivity contribution >= 4 is 0 Å². The maximum atomic E-state index is 11.2. The van der Waals surface area contributed by atoms with Gasteiger partial charge >= 0.3 is 41.9 Å². The van der Waals surface area contributed by atoms with Crippen LogP contribution in [0.25, 0.3) is 0 Å². The predicted molar refractivity (Wildman–Crippen MR) is 26.1 cm³/mol. The normalized spacial score (nSPS) is 12.5. The van der Waals surface area contributed by atoms with Gasteiger partial charge in [-0.15, -0.1) is 0 Å². The summed E-state index contributed by atoms with van der Waals surface area (Å²) < 4.78 is 67.2. The van der Waals surface area contributed by atoms with E-state index in [0.29, 0.717) is 0 Å². The Morgan fingerprint density at radius 2 is 1.08 bits per heavy atom. The molecule has 12 heavy (non-hydrogen) atoms. The number of halogens is 6. The van der Waals surface area contributed by atoms with E-state index >= 15 is 0 Å². The first kappa shape index (κ1) is 15.0. The van der Waals surface area contributed by atoms with Gasteiger partial charge in [0.1, 0.15) is 0 Å². The Kier molecular flexibility index (Phi) is 6.65. The molecule has 0 saturated carbocycles. The molecule has 8 heteroatoms. The molecule has 0 saturated heterocycles. The molecular weight excluding hydrogens is 199 g/mol. The third kappa shape index (κ3) is 13.2. The fraction of sp³-hybridized carbons (Fsp3) is 1.00. The quantitative estimate of drug-likeness (QED) is 0.442. The zero-order chi connectivity index (χ0) is 9.12. The second-order valence-electron chi connectivity index (χ2n) is 1.83. The van der Waals surface area contributed by atoms with E-state index in [4.69, 9.17) is 0 Å². The van der Waals surface area contributed by atoms with Gasteiger partial charge in [-0.2, -0.15) is 26.3 Å². The van der Waals surface area contributed by atoms with Crippen molar-refractivity contribution in [2.45, 2.75) is 12.4 Å². The average Bonchev–Trinajstić information content (AvgIpc) is 1.55. The van der Waals surface area contributed by atoms with Crippen molar-refractivity contribution in [3.8, 4) is 0 Å². The second kappa shape index (κ2) is 5.31. The van der Waals surface area contributed by atoms with Gasteiger partial charge in [-0.25, -0.2) is 0 Å². The van der Waals surface area contributed by atoms with E-state index in [-0.39, 0.29) is 31.0 Å². The molecule has 1 N–H and O–H groups in total. The van der Waals surface area contributed by atoms with Crippen molar-refractivity contribution in [3.05, 3.63) is 0 Å². The Bertz CT molecular complexity index is 109. The van der Waals surface area contributed by atoms with E-state index in [2.05, 4.69) is 0 Å². The Labute approximate surface area is 88.3 Å². The maximum Gasteiger partial charge on any atom is 1.00 e. The topological polar surface area (TPSA) is 12.0 Å². The van der Waals surface area contributed by atoms with Crippen LogP contribution in [0.1, 0.15) is 1.43 Å². The van der Waals surface area contributed by atoms with Crippen molar-refractivity contribution < 1.29 is 57.3 Å². The fourth-order valence-corrected chi connectivity index (χ4v) is 0.346. The third-order valence-electron chi connectivity index (χ3n) is 0.651. The molecule has 0 atom stereocenters. The van der Waals surface area contributed by atoms with Crippen LogP contribution in [0.2, 0.25) is 0 Å². The average molecular weight is 205 g/mol. The third-order valence-corrected chi connectivity index (χ3v) is 0.651. The molecule has 0 radical (unpaired) electrons. The van der Waals surface area contributed by atoms with E-state index < -0.39 is 25.4 Å². The molecule has 70 valence electrons. The molecule has 0 aliphatic heterocycles. The molecule has 1 nitrogen and oxygen atoms in total. The molecule has 0 aliphatic rings. The van der Waals surface area contributed by atoms with Crippen LogP contribution in [-0.2, 0) is 0 Å². The van der Waals surface area contributed by atoms with Gasteiger partial charge in [-0.05, 0) is 0 Å². The fourth-order valence-electron chi connectivity index (χ4n) is 0.346. The molecule has 0 aromatic heterocycles. The molecule has 0 unspecified atom stereocenters. The smallest absolute Gasteiger partial charge is 1.00 e. The SMILES string of the molecule is FC(F)(F)CNCC(F)(F)F.[H-].[Na+]. The number of hydrogen-bond donors (Lipinski definition) is 1. The van der Waals surface area contributed by atoms with Crippen molar-refractivity contribution in [2.24, 2.45) is 0 Å². The molecule has 0 heterocycles. The molecule has 0 fully saturated rings. The predicted octanol–water partition coefficient (Wildman–Crippen LogP) is -1.18. The zero-order valence-electron chi connectivity index (χ0n) is 7.18. The van der Waals surface area contributed by atoms with Gasteiger partial charge in [-0.1, -0.05) is 0 Å². The van der Waals surface area contributed by atoms with E-state index in [1.165, 1.54) is 5.32 Å². The summed E-state index contributed by atoms with van der Waals surface area (Å²) in [5.41, 5.74) is 0. The molecule has 0 spiro atoms. The molecule has 0 rings (SSSR count). The Hall–Kier alpha value is 0.540. The minimum absolute atomic E-state index is 0. The maximum absolute atomic E-state index is 11.2. The van der Waals surface area contributed by atoms with Gasteiger partial charge in [0.25, 0.3) is 0 Å². The van der Waals surface area contributed by atoms with Gasteiger partial charge in [0.15, 0.2) is 0 Å². The van der Waals surface area contributed by atoms with Crippen LogP contribution in [0.3, 0.4) is 0 Å². The second-order valence-corrected chi connectivity index (χ2v) is 1.83. The van der Waals surface area contributed by atoms with Crippen molar-refractivity contribution in [1.82, 2.24) is 5.32 Å². The molecule has 0 amide bonds. The van der Waals surface area contributed by atoms with Gasteiger partial charge < -0.3 is 6.74 Å². The van der Waals surface area contributed by atoms with Crippen LogP contribution in [0, 0.1) is 0 Å². The van der Waals surface area contributed by atoms with Crippen molar-refractivity contribution in [1.29, 1.82) is 0 Å². The minimum atomic E-state index is -4.59. The van der Waals surface area contributed by atoms with E-state index in [0.717, 1.165) is 0 Å². The molecule has 0 aromatic carbocycles. The van der Waals surface area contributed by atoms with Crippen LogP contribution >= 0.6 is 0 Å². The first-order valence-electron chi connectivity index (χ1n) is 2.55. The number of hydrogen-bond acceptors (Lipinski definition) is 1. The summed E-state index contributed by atoms with van der Waals surface area (Å²) in [5, 5.41) is 1.22. The minimum Gasteiger partial charge on any atom is -1.00 e. The summed E-state index contributed by atoms with van der Waals surface area (Å²) in [7, 11) is 0. The summed E-state index contributed by atoms with van der Waals surface area (Å²) in [6.07, 6.45) is -9.18. The van der Waals surface area contributed by atoms with E-state index in [1.807, 2.05) is 0 Å². The standard InChI is InChI=1S/C4H5F6N.Na.H/c5-3(6,7)1-11-2-4(8,9)10;;/h11H,1-2H2;;/q;+1;-1. The van der Waals surface area contributed by atoms with Crippen LogP contribution in [0.5, 0.6) is 0 Å². The van der Waals surface area contributed by atoms with Gasteiger partial charge in [0.2, 0.25) is 0 Å². The first-order chi connectivity index (χ1) is 4.71. The van der Waals surface area contributed by atoms with E-state index in [9.17, 15) is 26.3 Å². The van der Waals surface area contributed by atoms with Crippen molar-refractivity contribution in [3.63, 3.8) is 0 Å². The van der Waals surface area contributed by atoms with Crippen LogP contribution in [0.15, 0.2) is 0 Å². The first-order valence-corrected chi connectivity index (χ1v) is 2.55. The summed E-state index contributed by atoms with van der Waals surface area (Å²) in [4.78, 5) is 0.